The Bertz CT molecular complexity index is 670. The summed E-state index contributed by atoms with van der Waals surface area (Å²) in [4.78, 5) is 29.0. The van der Waals surface area contributed by atoms with Crippen LogP contribution in [-0.2, 0) is 4.79 Å². The van der Waals surface area contributed by atoms with E-state index in [4.69, 9.17) is 5.73 Å². The number of amides is 2. The van der Waals surface area contributed by atoms with Gasteiger partial charge in [-0.25, -0.2) is 4.98 Å². The maximum absolute atomic E-state index is 12.2. The number of aryl methyl sites for hydroxylation is 1. The van der Waals surface area contributed by atoms with Crippen molar-refractivity contribution in [3.8, 4) is 0 Å². The van der Waals surface area contributed by atoms with Gasteiger partial charge in [0.2, 0.25) is 5.91 Å². The smallest absolute Gasteiger partial charge is 0.274 e. The number of pyridine rings is 1. The molecule has 0 bridgehead atoms. The lowest BCUT2D eigenvalue weighted by atomic mass is 9.99. The zero-order valence-electron chi connectivity index (χ0n) is 10.5. The van der Waals surface area contributed by atoms with Gasteiger partial charge in [-0.1, -0.05) is 6.07 Å². The van der Waals surface area contributed by atoms with Crippen LogP contribution in [0.5, 0.6) is 0 Å². The molecule has 0 atom stereocenters. The van der Waals surface area contributed by atoms with Crippen molar-refractivity contribution in [3.63, 3.8) is 0 Å². The lowest BCUT2D eigenvalue weighted by Crippen LogP contribution is -2.54. The van der Waals surface area contributed by atoms with Gasteiger partial charge in [0.15, 0.2) is 0 Å². The van der Waals surface area contributed by atoms with Gasteiger partial charge in [0.25, 0.3) is 5.91 Å². The van der Waals surface area contributed by atoms with Crippen molar-refractivity contribution in [1.29, 1.82) is 0 Å². The van der Waals surface area contributed by atoms with Gasteiger partial charge in [-0.3, -0.25) is 9.59 Å². The monoisotopic (exact) mass is 258 g/mol. The minimum Gasteiger partial charge on any atom is -0.369 e. The number of carbonyl (C=O) groups excluding carboxylic acids is 2. The van der Waals surface area contributed by atoms with E-state index in [1.54, 1.807) is 11.1 Å². The Balaban J connectivity index is 1.83. The number of rotatable bonds is 2. The fourth-order valence-corrected chi connectivity index (χ4v) is 2.24. The van der Waals surface area contributed by atoms with Crippen molar-refractivity contribution in [2.24, 2.45) is 11.7 Å². The third-order valence-electron chi connectivity index (χ3n) is 3.47. The Labute approximate surface area is 109 Å². The molecule has 2 amide bonds. The number of carbonyl (C=O) groups is 2. The van der Waals surface area contributed by atoms with E-state index in [-0.39, 0.29) is 17.7 Å². The van der Waals surface area contributed by atoms with Crippen LogP contribution in [0.1, 0.15) is 16.1 Å². The highest BCUT2D eigenvalue weighted by Crippen LogP contribution is 2.19. The average molecular weight is 258 g/mol. The number of hydrogen-bond donors (Lipinski definition) is 1. The third kappa shape index (κ3) is 1.85. The molecule has 1 aliphatic heterocycles. The molecule has 0 aliphatic carbocycles. The molecule has 0 unspecified atom stereocenters. The van der Waals surface area contributed by atoms with E-state index in [0.717, 1.165) is 11.2 Å². The van der Waals surface area contributed by atoms with Gasteiger partial charge < -0.3 is 15.0 Å². The minimum absolute atomic E-state index is 0.152. The van der Waals surface area contributed by atoms with E-state index in [2.05, 4.69) is 4.98 Å². The van der Waals surface area contributed by atoms with Crippen molar-refractivity contribution in [1.82, 2.24) is 14.3 Å². The van der Waals surface area contributed by atoms with Crippen LogP contribution in [0.15, 0.2) is 24.5 Å². The second-order valence-corrected chi connectivity index (χ2v) is 4.86. The van der Waals surface area contributed by atoms with Crippen LogP contribution in [0.2, 0.25) is 0 Å². The molecule has 2 aromatic heterocycles. The molecule has 1 aliphatic rings. The van der Waals surface area contributed by atoms with Gasteiger partial charge in [-0.15, -0.1) is 0 Å². The van der Waals surface area contributed by atoms with Gasteiger partial charge in [-0.05, 0) is 18.6 Å². The van der Waals surface area contributed by atoms with Crippen molar-refractivity contribution >= 4 is 17.5 Å². The van der Waals surface area contributed by atoms with E-state index < -0.39 is 0 Å². The normalized spacial score (nSPS) is 15.5. The van der Waals surface area contributed by atoms with Crippen LogP contribution in [0.3, 0.4) is 0 Å². The highest BCUT2D eigenvalue weighted by atomic mass is 16.2. The first-order valence-corrected chi connectivity index (χ1v) is 6.09. The van der Waals surface area contributed by atoms with Crippen LogP contribution < -0.4 is 5.73 Å². The maximum Gasteiger partial charge on any atom is 0.274 e. The molecular formula is C13H14N4O2. The van der Waals surface area contributed by atoms with E-state index in [0.29, 0.717) is 18.8 Å². The summed E-state index contributed by atoms with van der Waals surface area (Å²) in [6.07, 6.45) is 3.57. The molecule has 0 spiro atoms. The van der Waals surface area contributed by atoms with E-state index in [1.807, 2.05) is 29.7 Å². The minimum atomic E-state index is -0.352. The average Bonchev–Trinajstić information content (AvgIpc) is 2.71. The molecular weight excluding hydrogens is 244 g/mol. The summed E-state index contributed by atoms with van der Waals surface area (Å²) in [6, 6.07) is 3.86. The fourth-order valence-electron chi connectivity index (χ4n) is 2.24. The molecule has 0 aromatic carbocycles. The van der Waals surface area contributed by atoms with E-state index in [1.165, 1.54) is 0 Å². The summed E-state index contributed by atoms with van der Waals surface area (Å²) in [5.41, 5.74) is 7.37. The van der Waals surface area contributed by atoms with Crippen molar-refractivity contribution < 1.29 is 9.59 Å². The lowest BCUT2D eigenvalue weighted by Gasteiger charge is -2.36. The molecule has 2 N–H and O–H groups in total. The van der Waals surface area contributed by atoms with Crippen LogP contribution in [-0.4, -0.2) is 39.2 Å². The van der Waals surface area contributed by atoms with E-state index >= 15 is 0 Å². The Kier molecular flexibility index (Phi) is 2.51. The summed E-state index contributed by atoms with van der Waals surface area (Å²) in [7, 11) is 0. The largest absolute Gasteiger partial charge is 0.369 e. The predicted molar refractivity (Wildman–Crippen MR) is 68.5 cm³/mol. The van der Waals surface area contributed by atoms with Crippen LogP contribution >= 0.6 is 0 Å². The number of likely N-dealkylation sites (tertiary alicyclic amines) is 1. The van der Waals surface area contributed by atoms with Gasteiger partial charge in [0.05, 0.1) is 5.92 Å². The van der Waals surface area contributed by atoms with Crippen LogP contribution in [0.25, 0.3) is 5.65 Å². The Hall–Kier alpha value is -2.37. The van der Waals surface area contributed by atoms with Gasteiger partial charge in [-0.2, -0.15) is 0 Å². The number of imidazole rings is 1. The first-order valence-electron chi connectivity index (χ1n) is 6.09. The molecule has 6 nitrogen and oxygen atoms in total. The highest BCUT2D eigenvalue weighted by molar-refractivity contribution is 5.94. The summed E-state index contributed by atoms with van der Waals surface area (Å²) < 4.78 is 1.83. The Morgan fingerprint density at radius 3 is 2.79 bits per heavy atom. The zero-order chi connectivity index (χ0) is 13.6. The molecule has 3 rings (SSSR count). The lowest BCUT2D eigenvalue weighted by molar-refractivity contribution is -0.125. The molecule has 3 heterocycles. The molecule has 2 aromatic rings. The molecule has 98 valence electrons. The van der Waals surface area contributed by atoms with Crippen LogP contribution in [0, 0.1) is 12.8 Å². The van der Waals surface area contributed by atoms with E-state index in [9.17, 15) is 9.59 Å². The first kappa shape index (κ1) is 11.7. The maximum atomic E-state index is 12.2. The third-order valence-corrected chi connectivity index (χ3v) is 3.47. The first-order chi connectivity index (χ1) is 9.06. The van der Waals surface area contributed by atoms with Crippen molar-refractivity contribution in [2.75, 3.05) is 13.1 Å². The molecule has 0 saturated carbocycles. The molecule has 1 fully saturated rings. The number of primary amides is 1. The zero-order valence-corrected chi connectivity index (χ0v) is 10.5. The number of hydrogen-bond acceptors (Lipinski definition) is 3. The number of nitrogens with two attached hydrogens (primary N) is 1. The topological polar surface area (TPSA) is 80.7 Å². The highest BCUT2D eigenvalue weighted by Gasteiger charge is 2.35. The predicted octanol–water partition coefficient (Wildman–Crippen LogP) is 0.200. The summed E-state index contributed by atoms with van der Waals surface area (Å²) in [6.45, 7) is 2.73. The Morgan fingerprint density at radius 1 is 1.42 bits per heavy atom. The quantitative estimate of drug-likeness (QED) is 0.835. The van der Waals surface area contributed by atoms with Crippen molar-refractivity contribution in [3.05, 3.63) is 35.8 Å². The molecule has 6 heteroatoms. The second kappa shape index (κ2) is 4.08. The number of nitrogens with zero attached hydrogens (tertiary/aromatic N) is 3. The summed E-state index contributed by atoms with van der Waals surface area (Å²) in [5.74, 6) is -0.724. The molecule has 1 saturated heterocycles. The van der Waals surface area contributed by atoms with Crippen molar-refractivity contribution in [2.45, 2.75) is 6.92 Å². The molecule has 0 radical (unpaired) electrons. The molecule has 19 heavy (non-hydrogen) atoms. The van der Waals surface area contributed by atoms with Gasteiger partial charge in [0, 0.05) is 25.5 Å². The second-order valence-electron chi connectivity index (χ2n) is 4.86. The standard InChI is InChI=1S/C13H14N4O2/c1-8-3-2-4-16-7-10(15-12(8)16)13(19)17-5-9(6-17)11(14)18/h2-4,7,9H,5-6H2,1H3,(H2,14,18). The van der Waals surface area contributed by atoms with Gasteiger partial charge in [0.1, 0.15) is 11.3 Å². The van der Waals surface area contributed by atoms with Gasteiger partial charge >= 0.3 is 0 Å². The number of fused-ring (bicyclic) bond motifs is 1. The number of aromatic nitrogens is 2. The summed E-state index contributed by atoms with van der Waals surface area (Å²) >= 11 is 0. The summed E-state index contributed by atoms with van der Waals surface area (Å²) in [5, 5.41) is 0. The Morgan fingerprint density at radius 2 is 2.16 bits per heavy atom. The SMILES string of the molecule is Cc1cccn2cc(C(=O)N3CC(C(N)=O)C3)nc12. The van der Waals surface area contributed by atoms with Crippen LogP contribution in [0.4, 0.5) is 0 Å². The fraction of sp³-hybridized carbons (Fsp3) is 0.308.